The highest BCUT2D eigenvalue weighted by Crippen LogP contribution is 2.71. The molecular weight excluding hydrogens is 522 g/mol. The Hall–Kier alpha value is -2.58. The molecule has 1 spiro atoms. The third-order valence-corrected chi connectivity index (χ3v) is 10.9. The molecule has 8 heteroatoms. The van der Waals surface area contributed by atoms with Crippen LogP contribution in [-0.4, -0.2) is 80.4 Å². The standard InChI is InChI=1S/C32H45N3O4S/c1-6-19-33(23(3)4)30(39)27-32-18-17-31(5,40-32)25(26(32)29(38)35(27)21-13-8-9-14-22-36)28(37)34(20-7-2)24-15-11-10-12-16-24/h6-7,10-12,15-16,23,25-27,36H,1-2,8-9,13-14,17-22H2,3-5H3/t25-,26-,27?,31+,32?/m0/s1. The van der Waals surface area contributed by atoms with Gasteiger partial charge in [0.1, 0.15) is 6.04 Å². The zero-order valence-corrected chi connectivity index (χ0v) is 25.1. The van der Waals surface area contributed by atoms with Gasteiger partial charge < -0.3 is 19.8 Å². The summed E-state index contributed by atoms with van der Waals surface area (Å²) in [6, 6.07) is 8.91. The minimum atomic E-state index is -0.640. The first-order chi connectivity index (χ1) is 19.2. The number of carbonyl (C=O) groups is 3. The van der Waals surface area contributed by atoms with Gasteiger partial charge in [-0.05, 0) is 58.6 Å². The Kier molecular flexibility index (Phi) is 9.51. The second-order valence-electron chi connectivity index (χ2n) is 11.8. The van der Waals surface area contributed by atoms with Crippen molar-refractivity contribution in [3.8, 4) is 0 Å². The fourth-order valence-electron chi connectivity index (χ4n) is 7.15. The van der Waals surface area contributed by atoms with Crippen molar-refractivity contribution in [1.29, 1.82) is 0 Å². The lowest BCUT2D eigenvalue weighted by Crippen LogP contribution is -2.56. The normalized spacial score (nSPS) is 28.6. The van der Waals surface area contributed by atoms with Crippen LogP contribution >= 0.6 is 11.8 Å². The molecule has 3 aliphatic heterocycles. The number of amides is 3. The molecule has 4 rings (SSSR count). The second kappa shape index (κ2) is 12.5. The Bertz CT molecular complexity index is 1110. The van der Waals surface area contributed by atoms with E-state index >= 15 is 0 Å². The van der Waals surface area contributed by atoms with Crippen molar-refractivity contribution in [3.63, 3.8) is 0 Å². The lowest BCUT2D eigenvalue weighted by atomic mass is 9.66. The molecule has 40 heavy (non-hydrogen) atoms. The maximum Gasteiger partial charge on any atom is 0.247 e. The van der Waals surface area contributed by atoms with Gasteiger partial charge in [-0.25, -0.2) is 0 Å². The van der Waals surface area contributed by atoms with Crippen molar-refractivity contribution < 1.29 is 19.5 Å². The summed E-state index contributed by atoms with van der Waals surface area (Å²) in [6.07, 6.45) is 8.22. The van der Waals surface area contributed by atoms with Crippen LogP contribution in [0.1, 0.15) is 59.3 Å². The molecule has 3 fully saturated rings. The summed E-state index contributed by atoms with van der Waals surface area (Å²) in [6.45, 7) is 15.3. The van der Waals surface area contributed by atoms with Crippen LogP contribution in [-0.2, 0) is 14.4 Å². The van der Waals surface area contributed by atoms with Gasteiger partial charge in [-0.15, -0.1) is 24.9 Å². The smallest absolute Gasteiger partial charge is 0.247 e. The number of aliphatic hydroxyl groups excluding tert-OH is 1. The number of unbranched alkanes of at least 4 members (excludes halogenated alkanes) is 3. The molecule has 2 unspecified atom stereocenters. The van der Waals surface area contributed by atoms with Gasteiger partial charge in [0.15, 0.2) is 0 Å². The number of aliphatic hydroxyl groups is 1. The summed E-state index contributed by atoms with van der Waals surface area (Å²) in [7, 11) is 0. The molecule has 2 bridgehead atoms. The molecule has 3 aliphatic rings. The number of hydrogen-bond acceptors (Lipinski definition) is 5. The highest BCUT2D eigenvalue weighted by Gasteiger charge is 2.77. The molecule has 3 heterocycles. The molecule has 0 saturated carbocycles. The van der Waals surface area contributed by atoms with Crippen LogP contribution in [0.25, 0.3) is 0 Å². The zero-order valence-electron chi connectivity index (χ0n) is 24.3. The first kappa shape index (κ1) is 30.4. The average molecular weight is 568 g/mol. The molecule has 1 aromatic rings. The number of likely N-dealkylation sites (tertiary alicyclic amines) is 1. The van der Waals surface area contributed by atoms with Crippen LogP contribution in [0, 0.1) is 11.8 Å². The van der Waals surface area contributed by atoms with Crippen LogP contribution in [0.4, 0.5) is 5.69 Å². The number of fused-ring (bicyclic) bond motifs is 1. The molecule has 7 nitrogen and oxygen atoms in total. The van der Waals surface area contributed by atoms with Gasteiger partial charge in [-0.3, -0.25) is 14.4 Å². The van der Waals surface area contributed by atoms with E-state index in [1.807, 2.05) is 54.0 Å². The number of anilines is 1. The third-order valence-electron chi connectivity index (χ3n) is 8.96. The number of hydrogen-bond donors (Lipinski definition) is 1. The lowest BCUT2D eigenvalue weighted by molar-refractivity contribution is -0.143. The summed E-state index contributed by atoms with van der Waals surface area (Å²) < 4.78 is -1.07. The number of benzene rings is 1. The first-order valence-electron chi connectivity index (χ1n) is 14.7. The van der Waals surface area contributed by atoms with E-state index in [0.29, 0.717) is 19.6 Å². The van der Waals surface area contributed by atoms with E-state index in [0.717, 1.165) is 44.2 Å². The molecule has 5 atom stereocenters. The molecule has 3 amide bonds. The van der Waals surface area contributed by atoms with Gasteiger partial charge >= 0.3 is 0 Å². The van der Waals surface area contributed by atoms with E-state index in [9.17, 15) is 19.5 Å². The van der Waals surface area contributed by atoms with Crippen molar-refractivity contribution in [3.05, 3.63) is 55.6 Å². The van der Waals surface area contributed by atoms with Crippen LogP contribution < -0.4 is 4.90 Å². The number of rotatable bonds is 14. The van der Waals surface area contributed by atoms with Gasteiger partial charge in [0.2, 0.25) is 17.7 Å². The van der Waals surface area contributed by atoms with Gasteiger partial charge in [0.05, 0.1) is 16.6 Å². The van der Waals surface area contributed by atoms with Crippen molar-refractivity contribution in [2.45, 2.75) is 80.9 Å². The van der Waals surface area contributed by atoms with Gasteiger partial charge in [0.25, 0.3) is 0 Å². The Morgan fingerprint density at radius 1 is 1.07 bits per heavy atom. The second-order valence-corrected chi connectivity index (χ2v) is 13.7. The Balaban J connectivity index is 1.74. The summed E-state index contributed by atoms with van der Waals surface area (Å²) in [5.74, 6) is -1.26. The van der Waals surface area contributed by atoms with Crippen LogP contribution in [0.15, 0.2) is 55.6 Å². The monoisotopic (exact) mass is 567 g/mol. The van der Waals surface area contributed by atoms with Crippen molar-refractivity contribution >= 4 is 35.2 Å². The number of carbonyl (C=O) groups excluding carboxylic acids is 3. The maximum absolute atomic E-state index is 14.4. The number of nitrogens with zero attached hydrogens (tertiary/aromatic N) is 3. The minimum Gasteiger partial charge on any atom is -0.396 e. The van der Waals surface area contributed by atoms with Gasteiger partial charge in [-0.1, -0.05) is 43.2 Å². The maximum atomic E-state index is 14.4. The van der Waals surface area contributed by atoms with E-state index in [-0.39, 0.29) is 30.4 Å². The summed E-state index contributed by atoms with van der Waals surface area (Å²) in [5, 5.41) is 9.18. The molecular formula is C32H45N3O4S. The van der Waals surface area contributed by atoms with Gasteiger partial charge in [0, 0.05) is 42.7 Å². The zero-order chi connectivity index (χ0) is 29.1. The lowest BCUT2D eigenvalue weighted by Gasteiger charge is -2.39. The molecule has 218 valence electrons. The molecule has 1 N–H and O–H groups in total. The first-order valence-corrected chi connectivity index (χ1v) is 15.5. The number of para-hydroxylation sites is 1. The predicted octanol–water partition coefficient (Wildman–Crippen LogP) is 4.66. The fraction of sp³-hybridized carbons (Fsp3) is 0.594. The van der Waals surface area contributed by atoms with Crippen LogP contribution in [0.2, 0.25) is 0 Å². The molecule has 0 radical (unpaired) electrons. The third kappa shape index (κ3) is 5.25. The van der Waals surface area contributed by atoms with Crippen molar-refractivity contribution in [2.24, 2.45) is 11.8 Å². The highest BCUT2D eigenvalue weighted by molar-refractivity contribution is 8.02. The van der Waals surface area contributed by atoms with Crippen LogP contribution in [0.3, 0.4) is 0 Å². The van der Waals surface area contributed by atoms with E-state index in [2.05, 4.69) is 20.1 Å². The molecule has 1 aromatic carbocycles. The van der Waals surface area contributed by atoms with Gasteiger partial charge in [-0.2, -0.15) is 0 Å². The van der Waals surface area contributed by atoms with E-state index in [4.69, 9.17) is 0 Å². The SMILES string of the molecule is C=CCN(C(=O)[C@@H]1[C@H]2C(=O)N(CCCCCCO)C(C(=O)N(CC=C)C(C)C)C23CC[C@@]1(C)S3)c1ccccc1. The van der Waals surface area contributed by atoms with E-state index in [1.165, 1.54) is 0 Å². The Morgan fingerprint density at radius 3 is 2.38 bits per heavy atom. The highest BCUT2D eigenvalue weighted by atomic mass is 32.2. The summed E-state index contributed by atoms with van der Waals surface area (Å²) >= 11 is 1.72. The van der Waals surface area contributed by atoms with Crippen molar-refractivity contribution in [1.82, 2.24) is 9.80 Å². The Morgan fingerprint density at radius 2 is 1.75 bits per heavy atom. The van der Waals surface area contributed by atoms with Crippen LogP contribution in [0.5, 0.6) is 0 Å². The largest absolute Gasteiger partial charge is 0.396 e. The number of thioether (sulfide) groups is 1. The van der Waals surface area contributed by atoms with Crippen molar-refractivity contribution in [2.75, 3.05) is 31.1 Å². The summed E-state index contributed by atoms with van der Waals surface area (Å²) in [5.41, 5.74) is 0.786. The fourth-order valence-corrected chi connectivity index (χ4v) is 9.49. The van der Waals surface area contributed by atoms with E-state index in [1.54, 1.807) is 28.8 Å². The average Bonchev–Trinajstić information content (AvgIpc) is 3.50. The quantitative estimate of drug-likeness (QED) is 0.261. The molecule has 0 aromatic heterocycles. The molecule has 3 saturated heterocycles. The topological polar surface area (TPSA) is 81.2 Å². The molecule has 0 aliphatic carbocycles. The predicted molar refractivity (Wildman–Crippen MR) is 162 cm³/mol. The summed E-state index contributed by atoms with van der Waals surface area (Å²) in [4.78, 5) is 48.6. The van der Waals surface area contributed by atoms with E-state index < -0.39 is 27.4 Å². The minimum absolute atomic E-state index is 0.0414. The Labute approximate surface area is 243 Å².